The van der Waals surface area contributed by atoms with Crippen molar-refractivity contribution in [2.24, 2.45) is 0 Å². The van der Waals surface area contributed by atoms with E-state index in [4.69, 9.17) is 23.2 Å². The van der Waals surface area contributed by atoms with Gasteiger partial charge in [-0.1, -0.05) is 41.4 Å². The lowest BCUT2D eigenvalue weighted by atomic mass is 10.2. The van der Waals surface area contributed by atoms with Crippen LogP contribution in [-0.2, 0) is 9.59 Å². The van der Waals surface area contributed by atoms with E-state index < -0.39 is 28.5 Å². The Morgan fingerprint density at radius 3 is 2.60 bits per heavy atom. The molecular formula is C19H13Cl2N3O5S. The third kappa shape index (κ3) is 4.64. The monoisotopic (exact) mass is 465 g/mol. The first kappa shape index (κ1) is 21.8. The minimum atomic E-state index is -0.696. The highest BCUT2D eigenvalue weighted by molar-refractivity contribution is 8.18. The Kier molecular flexibility index (Phi) is 6.45. The van der Waals surface area contributed by atoms with Gasteiger partial charge in [-0.2, -0.15) is 0 Å². The predicted octanol–water partition coefficient (Wildman–Crippen LogP) is 4.89. The van der Waals surface area contributed by atoms with Crippen molar-refractivity contribution in [2.75, 3.05) is 11.9 Å². The number of carbonyl (C=O) groups excluding carboxylic acids is 3. The summed E-state index contributed by atoms with van der Waals surface area (Å²) >= 11 is 12.5. The van der Waals surface area contributed by atoms with Crippen LogP contribution in [0.25, 0.3) is 6.08 Å². The molecule has 1 aliphatic rings. The van der Waals surface area contributed by atoms with Crippen molar-refractivity contribution in [3.8, 4) is 0 Å². The van der Waals surface area contributed by atoms with Gasteiger partial charge in [-0.3, -0.25) is 29.4 Å². The molecule has 2 aromatic rings. The average molecular weight is 466 g/mol. The van der Waals surface area contributed by atoms with Crippen LogP contribution in [0.3, 0.4) is 0 Å². The van der Waals surface area contributed by atoms with Gasteiger partial charge in [0.1, 0.15) is 11.6 Å². The number of nitro groups is 1. The molecule has 1 fully saturated rings. The summed E-state index contributed by atoms with van der Waals surface area (Å²) in [5.41, 5.74) is 1.18. The maximum absolute atomic E-state index is 12.6. The summed E-state index contributed by atoms with van der Waals surface area (Å²) < 4.78 is 0. The lowest BCUT2D eigenvalue weighted by Crippen LogP contribution is -2.36. The molecule has 1 heterocycles. The molecule has 30 heavy (non-hydrogen) atoms. The number of aryl methyl sites for hydroxylation is 1. The lowest BCUT2D eigenvalue weighted by Gasteiger charge is -2.13. The molecule has 1 aliphatic heterocycles. The molecule has 2 aromatic carbocycles. The molecule has 11 heteroatoms. The van der Waals surface area contributed by atoms with Crippen molar-refractivity contribution < 1.29 is 19.3 Å². The van der Waals surface area contributed by atoms with Gasteiger partial charge in [-0.15, -0.1) is 0 Å². The predicted molar refractivity (Wildman–Crippen MR) is 116 cm³/mol. The van der Waals surface area contributed by atoms with E-state index >= 15 is 0 Å². The molecule has 0 radical (unpaired) electrons. The van der Waals surface area contributed by atoms with E-state index in [0.717, 1.165) is 16.5 Å². The van der Waals surface area contributed by atoms with Gasteiger partial charge in [-0.25, -0.2) is 0 Å². The normalized spacial score (nSPS) is 15.0. The largest absolute Gasteiger partial charge is 0.324 e. The fraction of sp³-hybridized carbons (Fsp3) is 0.105. The zero-order valence-electron chi connectivity index (χ0n) is 15.3. The smallest absolute Gasteiger partial charge is 0.294 e. The summed E-state index contributed by atoms with van der Waals surface area (Å²) in [6.07, 6.45) is 1.26. The van der Waals surface area contributed by atoms with Crippen LogP contribution in [0.5, 0.6) is 0 Å². The number of hydrogen-bond donors (Lipinski definition) is 1. The number of thioether (sulfide) groups is 1. The topological polar surface area (TPSA) is 110 Å². The first-order valence-electron chi connectivity index (χ1n) is 8.41. The zero-order valence-corrected chi connectivity index (χ0v) is 17.7. The molecule has 0 aliphatic carbocycles. The van der Waals surface area contributed by atoms with Crippen molar-refractivity contribution in [1.29, 1.82) is 0 Å². The first-order valence-corrected chi connectivity index (χ1v) is 9.99. The summed E-state index contributed by atoms with van der Waals surface area (Å²) in [5, 5.41) is 13.0. The zero-order chi connectivity index (χ0) is 22.0. The van der Waals surface area contributed by atoms with Gasteiger partial charge in [0, 0.05) is 22.3 Å². The number of nitrogens with zero attached hydrogens (tertiary/aromatic N) is 2. The Morgan fingerprint density at radius 1 is 1.23 bits per heavy atom. The van der Waals surface area contributed by atoms with Crippen LogP contribution in [0, 0.1) is 17.0 Å². The van der Waals surface area contributed by atoms with Crippen LogP contribution in [0.2, 0.25) is 10.0 Å². The van der Waals surface area contributed by atoms with Crippen molar-refractivity contribution in [2.45, 2.75) is 6.92 Å². The number of imide groups is 1. The van der Waals surface area contributed by atoms with Gasteiger partial charge in [0.25, 0.3) is 16.8 Å². The minimum Gasteiger partial charge on any atom is -0.324 e. The number of nitrogens with one attached hydrogen (secondary N) is 1. The third-order valence-electron chi connectivity index (χ3n) is 4.14. The molecule has 0 spiro atoms. The summed E-state index contributed by atoms with van der Waals surface area (Å²) in [6.45, 7) is 1.35. The van der Waals surface area contributed by atoms with Gasteiger partial charge in [0.05, 0.1) is 9.83 Å². The standard InChI is InChI=1S/C19H13Cl2N3O5S/c1-10-4-2-3-5-14(10)22-17(25)9-23-18(26)16(30-19(23)27)7-11-6-15(24(28)29)13(21)8-12(11)20/h2-8H,9H2,1H3,(H,22,25)/b16-7-. The molecule has 0 atom stereocenters. The number of hydrogen-bond acceptors (Lipinski definition) is 6. The molecular weight excluding hydrogens is 453 g/mol. The maximum Gasteiger partial charge on any atom is 0.294 e. The number of nitro benzene ring substituents is 1. The summed E-state index contributed by atoms with van der Waals surface area (Å²) in [6, 6.07) is 9.39. The quantitative estimate of drug-likeness (QED) is 0.382. The van der Waals surface area contributed by atoms with E-state index in [2.05, 4.69) is 5.32 Å². The molecule has 3 amide bonds. The number of anilines is 1. The SMILES string of the molecule is Cc1ccccc1NC(=O)CN1C(=O)S/C(=C\c2cc([N+](=O)[O-])c(Cl)cc2Cl)C1=O. The lowest BCUT2D eigenvalue weighted by molar-refractivity contribution is -0.384. The summed E-state index contributed by atoms with van der Waals surface area (Å²) in [7, 11) is 0. The number of rotatable bonds is 5. The number of para-hydroxylation sites is 1. The molecule has 1 saturated heterocycles. The Balaban J connectivity index is 1.79. The molecule has 0 saturated carbocycles. The second kappa shape index (κ2) is 8.86. The Bertz CT molecular complexity index is 1120. The first-order chi connectivity index (χ1) is 14.2. The van der Waals surface area contributed by atoms with E-state index in [9.17, 15) is 24.5 Å². The van der Waals surface area contributed by atoms with E-state index in [1.807, 2.05) is 19.1 Å². The average Bonchev–Trinajstić information content (AvgIpc) is 2.93. The highest BCUT2D eigenvalue weighted by atomic mass is 35.5. The number of halogens is 2. The van der Waals surface area contributed by atoms with Crippen LogP contribution in [0.15, 0.2) is 41.3 Å². The second-order valence-electron chi connectivity index (χ2n) is 6.21. The van der Waals surface area contributed by atoms with Gasteiger partial charge >= 0.3 is 0 Å². The summed E-state index contributed by atoms with van der Waals surface area (Å²) in [4.78, 5) is 48.3. The second-order valence-corrected chi connectivity index (χ2v) is 8.02. The van der Waals surface area contributed by atoms with Gasteiger partial charge in [-0.05, 0) is 42.5 Å². The van der Waals surface area contributed by atoms with E-state index in [-0.39, 0.29) is 26.2 Å². The Morgan fingerprint density at radius 2 is 1.93 bits per heavy atom. The van der Waals surface area contributed by atoms with Crippen molar-refractivity contribution >= 4 is 69.5 Å². The Hall–Kier alpha value is -2.88. The van der Waals surface area contributed by atoms with E-state index in [1.165, 1.54) is 12.1 Å². The molecule has 0 bridgehead atoms. The van der Waals surface area contributed by atoms with Crippen LogP contribution < -0.4 is 5.32 Å². The van der Waals surface area contributed by atoms with Crippen molar-refractivity contribution in [3.63, 3.8) is 0 Å². The highest BCUT2D eigenvalue weighted by Gasteiger charge is 2.36. The molecule has 154 valence electrons. The fourth-order valence-electron chi connectivity index (χ4n) is 2.63. The van der Waals surface area contributed by atoms with Crippen LogP contribution in [0.4, 0.5) is 16.2 Å². The fourth-order valence-corrected chi connectivity index (χ4v) is 3.96. The molecule has 8 nitrogen and oxygen atoms in total. The van der Waals surface area contributed by atoms with Gasteiger partial charge in [0.2, 0.25) is 5.91 Å². The maximum atomic E-state index is 12.6. The number of amides is 3. The van der Waals surface area contributed by atoms with Crippen LogP contribution >= 0.6 is 35.0 Å². The van der Waals surface area contributed by atoms with Crippen LogP contribution in [0.1, 0.15) is 11.1 Å². The molecule has 0 aromatic heterocycles. The van der Waals surface area contributed by atoms with Crippen LogP contribution in [-0.4, -0.2) is 33.4 Å². The van der Waals surface area contributed by atoms with Crippen molar-refractivity contribution in [3.05, 3.63) is 72.6 Å². The number of carbonyl (C=O) groups is 3. The minimum absolute atomic E-state index is 0.0118. The van der Waals surface area contributed by atoms with Gasteiger partial charge < -0.3 is 5.32 Å². The van der Waals surface area contributed by atoms with E-state index in [1.54, 1.807) is 12.1 Å². The third-order valence-corrected chi connectivity index (χ3v) is 5.68. The number of benzene rings is 2. The van der Waals surface area contributed by atoms with Gasteiger partial charge in [0.15, 0.2) is 0 Å². The molecule has 3 rings (SSSR count). The molecule has 1 N–H and O–H groups in total. The highest BCUT2D eigenvalue weighted by Crippen LogP contribution is 2.36. The molecule has 0 unspecified atom stereocenters. The van der Waals surface area contributed by atoms with Crippen molar-refractivity contribution in [1.82, 2.24) is 4.90 Å². The van der Waals surface area contributed by atoms with E-state index in [0.29, 0.717) is 17.4 Å². The summed E-state index contributed by atoms with van der Waals surface area (Å²) in [5.74, 6) is -1.23. The Labute approximate surface area is 185 Å².